The maximum absolute atomic E-state index is 13.7. The number of nitrogens with one attached hydrogen (secondary N) is 2. The molecule has 1 aliphatic rings. The summed E-state index contributed by atoms with van der Waals surface area (Å²) in [6.45, 7) is 0.459. The van der Waals surface area contributed by atoms with Crippen LogP contribution in [0.5, 0.6) is 0 Å². The van der Waals surface area contributed by atoms with E-state index in [1.54, 1.807) is 23.9 Å². The molecule has 1 saturated carbocycles. The molecule has 3 aromatic rings. The summed E-state index contributed by atoms with van der Waals surface area (Å²) < 4.78 is 13.7. The number of thioether (sulfide) groups is 1. The van der Waals surface area contributed by atoms with Gasteiger partial charge in [-0.1, -0.05) is 42.5 Å². The quantitative estimate of drug-likeness (QED) is 0.503. The third-order valence-corrected chi connectivity index (χ3v) is 6.09. The first-order valence-electron chi connectivity index (χ1n) is 10.0. The number of anilines is 1. The van der Waals surface area contributed by atoms with Crippen LogP contribution in [0.25, 0.3) is 10.8 Å². The number of amides is 2. The monoisotopic (exact) mass is 422 g/mol. The maximum Gasteiger partial charge on any atom is 0.253 e. The molecule has 4 nitrogen and oxygen atoms in total. The molecule has 0 bridgehead atoms. The van der Waals surface area contributed by atoms with Gasteiger partial charge in [-0.3, -0.25) is 9.59 Å². The lowest BCUT2D eigenvalue weighted by atomic mass is 10.0. The fourth-order valence-corrected chi connectivity index (χ4v) is 4.09. The van der Waals surface area contributed by atoms with Crippen molar-refractivity contribution < 1.29 is 14.0 Å². The largest absolute Gasteiger partial charge is 0.351 e. The van der Waals surface area contributed by atoms with Gasteiger partial charge >= 0.3 is 0 Å². The SMILES string of the molecule is O=C(NCCSCc1ccccc1F)c1cc2ccccc2cc1NC(=O)C1CC1. The Balaban J connectivity index is 1.39. The first-order chi connectivity index (χ1) is 14.6. The van der Waals surface area contributed by atoms with Gasteiger partial charge in [0.15, 0.2) is 0 Å². The Bertz CT molecular complexity index is 1080. The highest BCUT2D eigenvalue weighted by Crippen LogP contribution is 2.32. The third kappa shape index (κ3) is 5.00. The van der Waals surface area contributed by atoms with Gasteiger partial charge in [0.25, 0.3) is 5.91 Å². The van der Waals surface area contributed by atoms with E-state index in [0.717, 1.165) is 23.6 Å². The van der Waals surface area contributed by atoms with Crippen LogP contribution in [-0.4, -0.2) is 24.1 Å². The molecule has 6 heteroatoms. The normalized spacial score (nSPS) is 13.2. The summed E-state index contributed by atoms with van der Waals surface area (Å²) in [7, 11) is 0. The fraction of sp³-hybridized carbons (Fsp3) is 0.250. The van der Waals surface area contributed by atoms with E-state index in [0.29, 0.717) is 34.9 Å². The third-order valence-electron chi connectivity index (χ3n) is 5.08. The summed E-state index contributed by atoms with van der Waals surface area (Å²) in [4.78, 5) is 25.1. The van der Waals surface area contributed by atoms with Crippen molar-refractivity contribution in [1.82, 2.24) is 5.32 Å². The summed E-state index contributed by atoms with van der Waals surface area (Å²) in [5, 5.41) is 7.76. The molecule has 0 spiro atoms. The van der Waals surface area contributed by atoms with Crippen molar-refractivity contribution in [3.05, 3.63) is 77.6 Å². The highest BCUT2D eigenvalue weighted by molar-refractivity contribution is 7.98. The number of fused-ring (bicyclic) bond motifs is 1. The molecule has 0 radical (unpaired) electrons. The van der Waals surface area contributed by atoms with E-state index in [2.05, 4.69) is 10.6 Å². The molecule has 0 heterocycles. The number of carbonyl (C=O) groups is 2. The molecule has 2 N–H and O–H groups in total. The molecule has 154 valence electrons. The number of carbonyl (C=O) groups excluding carboxylic acids is 2. The summed E-state index contributed by atoms with van der Waals surface area (Å²) >= 11 is 1.56. The molecular weight excluding hydrogens is 399 g/mol. The van der Waals surface area contributed by atoms with Crippen LogP contribution in [-0.2, 0) is 10.5 Å². The first kappa shape index (κ1) is 20.4. The predicted molar refractivity (Wildman–Crippen MR) is 120 cm³/mol. The smallest absolute Gasteiger partial charge is 0.253 e. The van der Waals surface area contributed by atoms with Gasteiger partial charge in [-0.2, -0.15) is 11.8 Å². The molecule has 30 heavy (non-hydrogen) atoms. The topological polar surface area (TPSA) is 58.2 Å². The second-order valence-corrected chi connectivity index (χ2v) is 8.51. The fourth-order valence-electron chi connectivity index (χ4n) is 3.24. The molecule has 0 saturated heterocycles. The molecule has 0 aliphatic heterocycles. The second-order valence-electron chi connectivity index (χ2n) is 7.41. The lowest BCUT2D eigenvalue weighted by molar-refractivity contribution is -0.117. The van der Waals surface area contributed by atoms with Crippen molar-refractivity contribution in [3.63, 3.8) is 0 Å². The van der Waals surface area contributed by atoms with Gasteiger partial charge in [-0.05, 0) is 47.4 Å². The average Bonchev–Trinajstić information content (AvgIpc) is 3.59. The van der Waals surface area contributed by atoms with E-state index in [1.807, 2.05) is 42.5 Å². The Hall–Kier alpha value is -2.86. The van der Waals surface area contributed by atoms with Crippen LogP contribution in [0.1, 0.15) is 28.8 Å². The molecule has 1 fully saturated rings. The zero-order valence-electron chi connectivity index (χ0n) is 16.5. The lowest BCUT2D eigenvalue weighted by Gasteiger charge is -2.13. The van der Waals surface area contributed by atoms with Crippen molar-refractivity contribution in [2.45, 2.75) is 18.6 Å². The highest BCUT2D eigenvalue weighted by atomic mass is 32.2. The molecule has 3 aromatic carbocycles. The van der Waals surface area contributed by atoms with E-state index in [9.17, 15) is 14.0 Å². The summed E-state index contributed by atoms with van der Waals surface area (Å²) in [6.07, 6.45) is 1.81. The van der Waals surface area contributed by atoms with Gasteiger partial charge < -0.3 is 10.6 Å². The first-order valence-corrected chi connectivity index (χ1v) is 11.2. The van der Waals surface area contributed by atoms with Crippen molar-refractivity contribution >= 4 is 40.0 Å². The number of hydrogen-bond donors (Lipinski definition) is 2. The van der Waals surface area contributed by atoms with Gasteiger partial charge in [-0.25, -0.2) is 4.39 Å². The molecule has 0 atom stereocenters. The molecule has 0 unspecified atom stereocenters. The van der Waals surface area contributed by atoms with Gasteiger partial charge in [-0.15, -0.1) is 0 Å². The summed E-state index contributed by atoms with van der Waals surface area (Å²) in [5.74, 6) is 0.820. The van der Waals surface area contributed by atoms with Crippen LogP contribution in [0.3, 0.4) is 0 Å². The zero-order chi connectivity index (χ0) is 20.9. The molecule has 2 amide bonds. The van der Waals surface area contributed by atoms with E-state index in [4.69, 9.17) is 0 Å². The Morgan fingerprint density at radius 2 is 1.70 bits per heavy atom. The van der Waals surface area contributed by atoms with Crippen LogP contribution in [0.2, 0.25) is 0 Å². The molecule has 1 aliphatic carbocycles. The predicted octanol–water partition coefficient (Wildman–Crippen LogP) is 4.99. The highest BCUT2D eigenvalue weighted by Gasteiger charge is 2.30. The van der Waals surface area contributed by atoms with Gasteiger partial charge in [0, 0.05) is 24.0 Å². The molecular formula is C24H23FN2O2S. The number of benzene rings is 3. The second kappa shape index (κ2) is 9.30. The van der Waals surface area contributed by atoms with Gasteiger partial charge in [0.1, 0.15) is 5.82 Å². The summed E-state index contributed by atoms with van der Waals surface area (Å²) in [5.41, 5.74) is 1.66. The van der Waals surface area contributed by atoms with Crippen molar-refractivity contribution in [3.8, 4) is 0 Å². The number of hydrogen-bond acceptors (Lipinski definition) is 3. The Kier molecular flexibility index (Phi) is 6.33. The van der Waals surface area contributed by atoms with Crippen LogP contribution in [0.15, 0.2) is 60.7 Å². The minimum Gasteiger partial charge on any atom is -0.351 e. The lowest BCUT2D eigenvalue weighted by Crippen LogP contribution is -2.27. The standard InChI is InChI=1S/C24H23FN2O2S/c25-21-8-4-3-7-19(21)15-30-12-11-26-24(29)20-13-17-5-1-2-6-18(17)14-22(20)27-23(28)16-9-10-16/h1-8,13-14,16H,9-12,15H2,(H,26,29)(H,27,28). The van der Waals surface area contributed by atoms with Crippen molar-refractivity contribution in [2.24, 2.45) is 5.92 Å². The average molecular weight is 423 g/mol. The molecule has 4 rings (SSSR count). The van der Waals surface area contributed by atoms with E-state index in [1.165, 1.54) is 6.07 Å². The van der Waals surface area contributed by atoms with Crippen molar-refractivity contribution in [2.75, 3.05) is 17.6 Å². The maximum atomic E-state index is 13.7. The Morgan fingerprint density at radius 1 is 1.00 bits per heavy atom. The molecule has 0 aromatic heterocycles. The number of halogens is 1. The van der Waals surface area contributed by atoms with Gasteiger partial charge in [0.05, 0.1) is 11.3 Å². The van der Waals surface area contributed by atoms with Crippen molar-refractivity contribution in [1.29, 1.82) is 0 Å². The number of rotatable bonds is 8. The van der Waals surface area contributed by atoms with Crippen LogP contribution >= 0.6 is 11.8 Å². The van der Waals surface area contributed by atoms with Crippen LogP contribution < -0.4 is 10.6 Å². The van der Waals surface area contributed by atoms with E-state index < -0.39 is 0 Å². The Morgan fingerprint density at radius 3 is 2.43 bits per heavy atom. The Labute approximate surface area is 179 Å². The summed E-state index contributed by atoms with van der Waals surface area (Å²) in [6, 6.07) is 18.2. The van der Waals surface area contributed by atoms with Crippen LogP contribution in [0.4, 0.5) is 10.1 Å². The van der Waals surface area contributed by atoms with Crippen LogP contribution in [0, 0.1) is 11.7 Å². The minimum atomic E-state index is -0.224. The zero-order valence-corrected chi connectivity index (χ0v) is 17.3. The van der Waals surface area contributed by atoms with E-state index in [-0.39, 0.29) is 23.5 Å². The minimum absolute atomic E-state index is 0.0280. The van der Waals surface area contributed by atoms with Gasteiger partial charge in [0.2, 0.25) is 5.91 Å². The van der Waals surface area contributed by atoms with E-state index >= 15 is 0 Å².